The van der Waals surface area contributed by atoms with E-state index in [4.69, 9.17) is 14.3 Å². The molecule has 2 aliphatic rings. The van der Waals surface area contributed by atoms with Crippen molar-refractivity contribution in [2.45, 2.75) is 11.3 Å². The van der Waals surface area contributed by atoms with Crippen LogP contribution in [0, 0.1) is 5.82 Å². The third-order valence-electron chi connectivity index (χ3n) is 6.11. The number of piperazine rings is 1. The molecule has 0 amide bonds. The van der Waals surface area contributed by atoms with E-state index in [9.17, 15) is 12.8 Å². The molecule has 2 aromatic rings. The fourth-order valence-electron chi connectivity index (χ4n) is 4.47. The fraction of sp³-hybridized carbons (Fsp3) is 0.455. The van der Waals surface area contributed by atoms with Crippen molar-refractivity contribution in [1.82, 2.24) is 9.37 Å². The van der Waals surface area contributed by atoms with Gasteiger partial charge in [0.05, 0.1) is 32.6 Å². The number of benzene rings is 2. The molecule has 2 heterocycles. The van der Waals surface area contributed by atoms with Crippen LogP contribution >= 0.6 is 0 Å². The summed E-state index contributed by atoms with van der Waals surface area (Å²) in [6.45, 7) is 1.42. The van der Waals surface area contributed by atoms with E-state index in [2.05, 4.69) is 0 Å². The molecule has 0 saturated carbocycles. The summed E-state index contributed by atoms with van der Waals surface area (Å²) in [5.41, 5.74) is 1.18. The Morgan fingerprint density at radius 2 is 1.72 bits per heavy atom. The van der Waals surface area contributed by atoms with Crippen LogP contribution in [-0.2, 0) is 14.9 Å². The van der Waals surface area contributed by atoms with Gasteiger partial charge in [-0.05, 0) is 18.2 Å². The second-order valence-corrected chi connectivity index (χ2v) is 9.94. The highest BCUT2D eigenvalue weighted by Crippen LogP contribution is 2.43. The Bertz CT molecular complexity index is 1060. The Hall–Kier alpha value is -2.40. The Labute approximate surface area is 188 Å². The highest BCUT2D eigenvalue weighted by Gasteiger charge is 2.47. The lowest BCUT2D eigenvalue weighted by Crippen LogP contribution is -2.52. The van der Waals surface area contributed by atoms with Gasteiger partial charge in [0.1, 0.15) is 11.1 Å². The van der Waals surface area contributed by atoms with Crippen LogP contribution in [0.25, 0.3) is 0 Å². The molecular formula is C22H28FN3O5S. The van der Waals surface area contributed by atoms with E-state index in [-0.39, 0.29) is 25.5 Å². The van der Waals surface area contributed by atoms with Gasteiger partial charge in [-0.1, -0.05) is 24.3 Å². The van der Waals surface area contributed by atoms with Gasteiger partial charge in [-0.2, -0.15) is 9.37 Å². The van der Waals surface area contributed by atoms with Crippen LogP contribution in [0.4, 0.5) is 10.1 Å². The minimum Gasteiger partial charge on any atom is -0.493 e. The van der Waals surface area contributed by atoms with Crippen molar-refractivity contribution >= 4 is 15.7 Å². The van der Waals surface area contributed by atoms with Crippen LogP contribution in [0.15, 0.2) is 42.5 Å². The molecule has 2 aromatic carbocycles. The van der Waals surface area contributed by atoms with Crippen molar-refractivity contribution in [3.63, 3.8) is 0 Å². The first kappa shape index (κ1) is 22.8. The van der Waals surface area contributed by atoms with Crippen molar-refractivity contribution in [1.29, 1.82) is 0 Å². The molecule has 0 spiro atoms. The number of ether oxygens (including phenoxy) is 2. The number of nitrogens with zero attached hydrogens (tertiary/aromatic N) is 3. The summed E-state index contributed by atoms with van der Waals surface area (Å²) >= 11 is 0. The maximum Gasteiger partial charge on any atom is 0.221 e. The Balaban J connectivity index is 1.57. The topological polar surface area (TPSA) is 71.6 Å². The number of halogens is 1. The predicted molar refractivity (Wildman–Crippen MR) is 119 cm³/mol. The Morgan fingerprint density at radius 1 is 1.00 bits per heavy atom. The fourth-order valence-corrected chi connectivity index (χ4v) is 6.40. The summed E-state index contributed by atoms with van der Waals surface area (Å²) < 4.78 is 53.8. The highest BCUT2D eigenvalue weighted by molar-refractivity contribution is 7.89. The summed E-state index contributed by atoms with van der Waals surface area (Å²) in [7, 11) is 1.09. The maximum atomic E-state index is 14.1. The van der Waals surface area contributed by atoms with E-state index in [1.54, 1.807) is 49.6 Å². The standard InChI is InChI=1S/C22H28FN3O5S/c1-24-21(16-7-6-10-19(29-2)22(16)30-3)20(15-31-24)32(27,28)26-13-11-25(12-14-26)18-9-5-4-8-17(18)23/h4-10,20-21H,11-15H2,1-3H3. The lowest BCUT2D eigenvalue weighted by atomic mass is 10.0. The quantitative estimate of drug-likeness (QED) is 0.648. The second kappa shape index (κ2) is 9.22. The molecule has 10 heteroatoms. The third kappa shape index (κ3) is 4.03. The van der Waals surface area contributed by atoms with Crippen molar-refractivity contribution in [3.05, 3.63) is 53.8 Å². The average Bonchev–Trinajstić information content (AvgIpc) is 3.20. The number of methoxy groups -OCH3 is 2. The molecule has 2 atom stereocenters. The molecule has 174 valence electrons. The van der Waals surface area contributed by atoms with Gasteiger partial charge in [-0.3, -0.25) is 4.84 Å². The smallest absolute Gasteiger partial charge is 0.221 e. The van der Waals surface area contributed by atoms with Crippen LogP contribution in [0.5, 0.6) is 11.5 Å². The number of para-hydroxylation sites is 2. The maximum absolute atomic E-state index is 14.1. The molecule has 8 nitrogen and oxygen atoms in total. The molecule has 2 unspecified atom stereocenters. The second-order valence-electron chi connectivity index (χ2n) is 7.79. The minimum atomic E-state index is -3.70. The Kier molecular flexibility index (Phi) is 6.57. The van der Waals surface area contributed by atoms with Crippen molar-refractivity contribution in [3.8, 4) is 11.5 Å². The van der Waals surface area contributed by atoms with Crippen LogP contribution in [0.3, 0.4) is 0 Å². The first-order chi connectivity index (χ1) is 15.4. The first-order valence-electron chi connectivity index (χ1n) is 10.4. The number of hydroxylamine groups is 2. The van der Waals surface area contributed by atoms with E-state index in [1.807, 2.05) is 11.0 Å². The monoisotopic (exact) mass is 465 g/mol. The summed E-state index contributed by atoms with van der Waals surface area (Å²) in [5.74, 6) is 0.710. The van der Waals surface area contributed by atoms with Gasteiger partial charge < -0.3 is 14.4 Å². The van der Waals surface area contributed by atoms with Gasteiger partial charge in [-0.25, -0.2) is 12.8 Å². The van der Waals surface area contributed by atoms with E-state index in [0.29, 0.717) is 35.8 Å². The summed E-state index contributed by atoms with van der Waals surface area (Å²) in [5, 5.41) is 0.753. The van der Waals surface area contributed by atoms with E-state index < -0.39 is 21.3 Å². The van der Waals surface area contributed by atoms with Crippen molar-refractivity contribution in [2.24, 2.45) is 0 Å². The molecule has 2 aliphatic heterocycles. The highest BCUT2D eigenvalue weighted by atomic mass is 32.2. The number of hydrogen-bond donors (Lipinski definition) is 0. The molecule has 0 N–H and O–H groups in total. The lowest BCUT2D eigenvalue weighted by Gasteiger charge is -2.37. The van der Waals surface area contributed by atoms with Crippen molar-refractivity contribution < 1.29 is 27.1 Å². The largest absolute Gasteiger partial charge is 0.493 e. The molecule has 4 rings (SSSR count). The molecule has 0 aromatic heterocycles. The van der Waals surface area contributed by atoms with Gasteiger partial charge >= 0.3 is 0 Å². The SMILES string of the molecule is COc1cccc(C2C(S(=O)(=O)N3CCN(c4ccccc4F)CC3)CON2C)c1OC. The third-order valence-corrected chi connectivity index (χ3v) is 8.36. The number of sulfonamides is 1. The number of rotatable bonds is 6. The zero-order chi connectivity index (χ0) is 22.9. The van der Waals surface area contributed by atoms with E-state index in [1.165, 1.54) is 17.5 Å². The van der Waals surface area contributed by atoms with Gasteiger partial charge in [0.2, 0.25) is 10.0 Å². The molecule has 2 fully saturated rings. The van der Waals surface area contributed by atoms with Crippen LogP contribution in [-0.4, -0.2) is 77.1 Å². The first-order valence-corrected chi connectivity index (χ1v) is 11.9. The number of hydrogen-bond acceptors (Lipinski definition) is 7. The van der Waals surface area contributed by atoms with Gasteiger partial charge in [0, 0.05) is 38.8 Å². The van der Waals surface area contributed by atoms with Crippen molar-refractivity contribution in [2.75, 3.05) is 59.0 Å². The van der Waals surface area contributed by atoms with Crippen LogP contribution in [0.1, 0.15) is 11.6 Å². The predicted octanol–water partition coefficient (Wildman–Crippen LogP) is 2.28. The van der Waals surface area contributed by atoms with E-state index in [0.717, 1.165) is 0 Å². The molecule has 32 heavy (non-hydrogen) atoms. The van der Waals surface area contributed by atoms with Gasteiger partial charge in [0.25, 0.3) is 0 Å². The Morgan fingerprint density at radius 3 is 2.38 bits per heavy atom. The molecule has 0 aliphatic carbocycles. The zero-order valence-corrected chi connectivity index (χ0v) is 19.2. The lowest BCUT2D eigenvalue weighted by molar-refractivity contribution is -0.110. The van der Waals surface area contributed by atoms with Gasteiger partial charge in [-0.15, -0.1) is 0 Å². The average molecular weight is 466 g/mol. The summed E-state index contributed by atoms with van der Waals surface area (Å²) in [6.07, 6.45) is 0. The van der Waals surface area contributed by atoms with Gasteiger partial charge in [0.15, 0.2) is 11.5 Å². The summed E-state index contributed by atoms with van der Waals surface area (Å²) in [4.78, 5) is 7.54. The zero-order valence-electron chi connectivity index (χ0n) is 18.4. The molecule has 2 saturated heterocycles. The molecule has 0 radical (unpaired) electrons. The minimum absolute atomic E-state index is 0.0391. The van der Waals surface area contributed by atoms with E-state index >= 15 is 0 Å². The van der Waals surface area contributed by atoms with Crippen LogP contribution in [0.2, 0.25) is 0 Å². The summed E-state index contributed by atoms with van der Waals surface area (Å²) in [6, 6.07) is 11.4. The molecule has 0 bridgehead atoms. The molecular weight excluding hydrogens is 437 g/mol. The normalized spacial score (nSPS) is 22.8. The van der Waals surface area contributed by atoms with Crippen LogP contribution < -0.4 is 14.4 Å². The number of anilines is 1.